The molecule has 1 unspecified atom stereocenters. The van der Waals surface area contributed by atoms with Gasteiger partial charge in [0.05, 0.1) is 7.11 Å². The molecule has 4 heteroatoms. The Labute approximate surface area is 187 Å². The summed E-state index contributed by atoms with van der Waals surface area (Å²) in [6, 6.07) is 0. The van der Waals surface area contributed by atoms with E-state index >= 15 is 0 Å². The van der Waals surface area contributed by atoms with Crippen LogP contribution in [0.5, 0.6) is 0 Å². The predicted molar refractivity (Wildman–Crippen MR) is 128 cm³/mol. The molecular weight excluding hydrogens is 388 g/mol. The van der Waals surface area contributed by atoms with E-state index in [4.69, 9.17) is 14.2 Å². The van der Waals surface area contributed by atoms with Crippen molar-refractivity contribution in [2.45, 2.75) is 33.6 Å². The molecule has 0 radical (unpaired) electrons. The second kappa shape index (κ2) is 12.0. The Morgan fingerprint density at radius 3 is 2.32 bits per heavy atom. The molecule has 1 rings (SSSR count). The monoisotopic (exact) mass is 424 g/mol. The lowest BCUT2D eigenvalue weighted by atomic mass is 9.79. The van der Waals surface area contributed by atoms with Gasteiger partial charge in [-0.1, -0.05) is 71.9 Å². The fourth-order valence-electron chi connectivity index (χ4n) is 3.31. The summed E-state index contributed by atoms with van der Waals surface area (Å²) >= 11 is 0. The highest BCUT2D eigenvalue weighted by molar-refractivity contribution is 5.81. The van der Waals surface area contributed by atoms with Gasteiger partial charge in [-0.3, -0.25) is 0 Å². The maximum Gasteiger partial charge on any atom is 0.330 e. The van der Waals surface area contributed by atoms with Crippen molar-refractivity contribution in [2.24, 2.45) is 11.3 Å². The van der Waals surface area contributed by atoms with E-state index in [2.05, 4.69) is 71.9 Å². The first-order valence-corrected chi connectivity index (χ1v) is 10.4. The second-order valence-electron chi connectivity index (χ2n) is 7.87. The van der Waals surface area contributed by atoms with E-state index in [1.807, 2.05) is 0 Å². The molecule has 0 aromatic carbocycles. The van der Waals surface area contributed by atoms with Crippen LogP contribution in [0.25, 0.3) is 0 Å². The van der Waals surface area contributed by atoms with Gasteiger partial charge in [0, 0.05) is 11.5 Å². The predicted octanol–water partition coefficient (Wildman–Crippen LogP) is 6.38. The Morgan fingerprint density at radius 2 is 1.81 bits per heavy atom. The third kappa shape index (κ3) is 7.63. The molecular formula is C27H36O4. The number of hydrogen-bond donors (Lipinski definition) is 0. The van der Waals surface area contributed by atoms with Crippen molar-refractivity contribution in [3.8, 4) is 0 Å². The molecule has 0 saturated heterocycles. The van der Waals surface area contributed by atoms with Crippen molar-refractivity contribution in [3.05, 3.63) is 97.1 Å². The van der Waals surface area contributed by atoms with E-state index in [0.717, 1.165) is 35.6 Å². The fraction of sp³-hybridized carbons (Fsp3) is 0.370. The van der Waals surface area contributed by atoms with Gasteiger partial charge in [0.1, 0.15) is 13.2 Å². The molecule has 0 aromatic heterocycles. The lowest BCUT2D eigenvalue weighted by Crippen LogP contribution is -2.13. The van der Waals surface area contributed by atoms with Crippen LogP contribution < -0.4 is 0 Å². The minimum atomic E-state index is -0.504. The van der Waals surface area contributed by atoms with Crippen LogP contribution in [-0.2, 0) is 19.0 Å². The van der Waals surface area contributed by atoms with Crippen LogP contribution in [0.3, 0.4) is 0 Å². The zero-order chi connectivity index (χ0) is 23.6. The molecule has 1 aliphatic carbocycles. The van der Waals surface area contributed by atoms with Crippen molar-refractivity contribution in [3.63, 3.8) is 0 Å². The van der Waals surface area contributed by atoms with Crippen molar-refractivity contribution in [2.75, 3.05) is 20.3 Å². The van der Waals surface area contributed by atoms with E-state index < -0.39 is 5.97 Å². The molecule has 0 amide bonds. The Hall–Kier alpha value is -3.01. The fourth-order valence-corrected chi connectivity index (χ4v) is 3.31. The van der Waals surface area contributed by atoms with Crippen LogP contribution in [-0.4, -0.2) is 26.3 Å². The van der Waals surface area contributed by atoms with Gasteiger partial charge in [-0.15, -0.1) is 0 Å². The number of allylic oxidation sites excluding steroid dienone is 8. The summed E-state index contributed by atoms with van der Waals surface area (Å²) in [5.74, 6) is 0.785. The quantitative estimate of drug-likeness (QED) is 0.0859. The van der Waals surface area contributed by atoms with Gasteiger partial charge in [-0.05, 0) is 47.1 Å². The third-order valence-corrected chi connectivity index (χ3v) is 5.36. The van der Waals surface area contributed by atoms with E-state index in [1.54, 1.807) is 6.08 Å². The van der Waals surface area contributed by atoms with Crippen LogP contribution in [0.4, 0.5) is 0 Å². The topological polar surface area (TPSA) is 44.8 Å². The molecule has 0 fully saturated rings. The van der Waals surface area contributed by atoms with Gasteiger partial charge in [0.25, 0.3) is 0 Å². The summed E-state index contributed by atoms with van der Waals surface area (Å²) in [4.78, 5) is 11.1. The summed E-state index contributed by atoms with van der Waals surface area (Å²) < 4.78 is 15.8. The first kappa shape index (κ1) is 26.0. The average molecular weight is 425 g/mol. The van der Waals surface area contributed by atoms with Crippen molar-refractivity contribution >= 4 is 5.97 Å². The highest BCUT2D eigenvalue weighted by atomic mass is 16.6. The van der Waals surface area contributed by atoms with E-state index in [0.29, 0.717) is 23.0 Å². The smallest absolute Gasteiger partial charge is 0.330 e. The average Bonchev–Trinajstić information content (AvgIpc) is 3.11. The summed E-state index contributed by atoms with van der Waals surface area (Å²) in [6.45, 7) is 26.6. The Kier molecular flexibility index (Phi) is 10.1. The number of ether oxygens (including phenoxy) is 3. The van der Waals surface area contributed by atoms with Crippen molar-refractivity contribution in [1.29, 1.82) is 0 Å². The van der Waals surface area contributed by atoms with Gasteiger partial charge < -0.3 is 14.2 Å². The highest BCUT2D eigenvalue weighted by Gasteiger charge is 2.30. The van der Waals surface area contributed by atoms with Gasteiger partial charge in [0.2, 0.25) is 0 Å². The molecule has 0 aliphatic heterocycles. The van der Waals surface area contributed by atoms with E-state index in [-0.39, 0.29) is 18.6 Å². The number of rotatable bonds is 13. The number of esters is 1. The van der Waals surface area contributed by atoms with Crippen molar-refractivity contribution in [1.82, 2.24) is 0 Å². The van der Waals surface area contributed by atoms with E-state index in [9.17, 15) is 4.79 Å². The molecule has 0 N–H and O–H groups in total. The number of hydrogen-bond acceptors (Lipinski definition) is 4. The highest BCUT2D eigenvalue weighted by Crippen LogP contribution is 2.42. The molecule has 0 bridgehead atoms. The molecule has 0 heterocycles. The molecule has 1 aliphatic rings. The SMILES string of the molecule is C=CC(=O)OCCO/C(=C/C(=C)C(=C)/C(=C\C(=C)[C@@]1(C)C=CC(C)C1)CC)C(=C)OC. The maximum atomic E-state index is 11.1. The van der Waals surface area contributed by atoms with Gasteiger partial charge in [0.15, 0.2) is 11.5 Å². The first-order chi connectivity index (χ1) is 14.6. The van der Waals surface area contributed by atoms with Gasteiger partial charge in [-0.2, -0.15) is 0 Å². The van der Waals surface area contributed by atoms with Crippen LogP contribution in [0.15, 0.2) is 97.1 Å². The summed E-state index contributed by atoms with van der Waals surface area (Å²) in [6.07, 6.45) is 11.3. The molecule has 0 saturated carbocycles. The van der Waals surface area contributed by atoms with Crippen molar-refractivity contribution < 1.29 is 19.0 Å². The van der Waals surface area contributed by atoms with Crippen LogP contribution in [0, 0.1) is 11.3 Å². The third-order valence-electron chi connectivity index (χ3n) is 5.36. The normalized spacial score (nSPS) is 20.7. The number of carbonyl (C=O) groups excluding carboxylic acids is 1. The largest absolute Gasteiger partial charge is 0.493 e. The Bertz CT molecular complexity index is 837. The minimum absolute atomic E-state index is 0.0429. The maximum absolute atomic E-state index is 11.1. The van der Waals surface area contributed by atoms with E-state index in [1.165, 1.54) is 7.11 Å². The molecule has 2 atom stereocenters. The standard InChI is InChI=1S/C27H36O4/c1-10-24(17-21(5)27(8)13-12-19(3)18-27)22(6)20(4)16-25(23(7)29-9)30-14-15-31-26(28)11-2/h11-13,16-17,19H,2,4-7,10,14-15,18H2,1,3,8-9H3/b24-17-,25-16+/t19?,27-/m0/s1. The summed E-state index contributed by atoms with van der Waals surface area (Å²) in [5.41, 5.74) is 3.55. The molecule has 0 aromatic rings. The molecule has 0 spiro atoms. The zero-order valence-corrected chi connectivity index (χ0v) is 19.5. The Balaban J connectivity index is 2.94. The Morgan fingerprint density at radius 1 is 1.16 bits per heavy atom. The number of carbonyl (C=O) groups is 1. The van der Waals surface area contributed by atoms with Crippen LogP contribution >= 0.6 is 0 Å². The number of methoxy groups -OCH3 is 1. The lowest BCUT2D eigenvalue weighted by molar-refractivity contribution is -0.138. The van der Waals surface area contributed by atoms with Crippen LogP contribution in [0.2, 0.25) is 0 Å². The van der Waals surface area contributed by atoms with Crippen LogP contribution in [0.1, 0.15) is 33.6 Å². The second-order valence-corrected chi connectivity index (χ2v) is 7.87. The molecule has 168 valence electrons. The lowest BCUT2D eigenvalue weighted by Gasteiger charge is -2.25. The van der Waals surface area contributed by atoms with Gasteiger partial charge >= 0.3 is 5.97 Å². The minimum Gasteiger partial charge on any atom is -0.493 e. The summed E-state index contributed by atoms with van der Waals surface area (Å²) in [5, 5.41) is 0. The van der Waals surface area contributed by atoms with Gasteiger partial charge in [-0.25, -0.2) is 4.79 Å². The first-order valence-electron chi connectivity index (χ1n) is 10.4. The zero-order valence-electron chi connectivity index (χ0n) is 19.5. The summed E-state index contributed by atoms with van der Waals surface area (Å²) in [7, 11) is 1.51. The molecule has 31 heavy (non-hydrogen) atoms. The molecule has 4 nitrogen and oxygen atoms in total.